The van der Waals surface area contributed by atoms with Gasteiger partial charge >= 0.3 is 5.97 Å². The van der Waals surface area contributed by atoms with Crippen molar-refractivity contribution in [2.75, 3.05) is 138 Å². The Kier molecular flexibility index (Phi) is 31.8. The van der Waals surface area contributed by atoms with E-state index in [-0.39, 0.29) is 13.0 Å². The molecule has 0 heterocycles. The van der Waals surface area contributed by atoms with Gasteiger partial charge < -0.3 is 52.5 Å². The number of carboxylic acid groups (broad SMARTS) is 1. The summed E-state index contributed by atoms with van der Waals surface area (Å²) in [7, 11) is 0. The van der Waals surface area contributed by atoms with Crippen LogP contribution in [0.1, 0.15) is 6.42 Å². The van der Waals surface area contributed by atoms with E-state index in [1.54, 1.807) is 0 Å². The summed E-state index contributed by atoms with van der Waals surface area (Å²) >= 11 is 5.49. The minimum absolute atomic E-state index is 0.000432. The Morgan fingerprint density at radius 2 is 0.583 bits per heavy atom. The second-order valence-electron chi connectivity index (χ2n) is 6.96. The Morgan fingerprint density at radius 1 is 0.389 bits per heavy atom. The first-order chi connectivity index (χ1) is 17.8. The van der Waals surface area contributed by atoms with E-state index in [1.165, 1.54) is 0 Å². The van der Waals surface area contributed by atoms with Crippen LogP contribution in [0.3, 0.4) is 0 Å². The molecule has 0 rings (SSSR count). The summed E-state index contributed by atoms with van der Waals surface area (Å²) in [4.78, 5) is 10.3. The molecule has 0 saturated carbocycles. The second-order valence-corrected chi connectivity index (χ2v) is 7.33. The summed E-state index contributed by atoms with van der Waals surface area (Å²) in [6.07, 6.45) is 0.000432. The number of rotatable bonds is 32. The van der Waals surface area contributed by atoms with Crippen molar-refractivity contribution >= 4 is 17.6 Å². The van der Waals surface area contributed by atoms with Gasteiger partial charge in [-0.3, -0.25) is 4.79 Å². The van der Waals surface area contributed by atoms with Gasteiger partial charge in [-0.05, 0) is 0 Å². The maximum atomic E-state index is 10.3. The van der Waals surface area contributed by atoms with E-state index in [0.717, 1.165) is 0 Å². The van der Waals surface area contributed by atoms with Gasteiger partial charge in [0.1, 0.15) is 0 Å². The van der Waals surface area contributed by atoms with Crippen molar-refractivity contribution in [2.24, 2.45) is 0 Å². The Labute approximate surface area is 219 Å². The molecule has 36 heavy (non-hydrogen) atoms. The average Bonchev–Trinajstić information content (AvgIpc) is 2.87. The standard InChI is InChI=1S/C23H45ClO12/c24-2-4-28-6-8-30-10-12-32-14-16-34-18-20-36-22-21-35-19-17-33-15-13-31-11-9-29-7-5-27-3-1-23(25)26/h1-22H2,(H,25,26). The van der Waals surface area contributed by atoms with Gasteiger partial charge in [0.05, 0.1) is 139 Å². The van der Waals surface area contributed by atoms with E-state index in [9.17, 15) is 4.79 Å². The molecular weight excluding hydrogens is 504 g/mol. The van der Waals surface area contributed by atoms with Gasteiger partial charge in [0.2, 0.25) is 0 Å². The molecule has 0 aliphatic carbocycles. The first-order valence-electron chi connectivity index (χ1n) is 12.3. The Bertz CT molecular complexity index is 434. The lowest BCUT2D eigenvalue weighted by Gasteiger charge is -2.09. The molecule has 216 valence electrons. The van der Waals surface area contributed by atoms with Gasteiger partial charge in [-0.1, -0.05) is 0 Å². The first kappa shape index (κ1) is 35.4. The van der Waals surface area contributed by atoms with Crippen LogP contribution >= 0.6 is 11.6 Å². The number of ether oxygens (including phenoxy) is 10. The van der Waals surface area contributed by atoms with Crippen molar-refractivity contribution in [3.05, 3.63) is 0 Å². The normalized spacial score (nSPS) is 11.4. The van der Waals surface area contributed by atoms with Crippen LogP contribution in [0.2, 0.25) is 0 Å². The molecule has 0 saturated heterocycles. The molecule has 0 aliphatic rings. The molecule has 13 heteroatoms. The van der Waals surface area contributed by atoms with Gasteiger partial charge in [-0.2, -0.15) is 0 Å². The summed E-state index contributed by atoms with van der Waals surface area (Å²) in [6, 6.07) is 0. The minimum Gasteiger partial charge on any atom is -0.481 e. The smallest absolute Gasteiger partial charge is 0.305 e. The van der Waals surface area contributed by atoms with Crippen LogP contribution in [0.15, 0.2) is 0 Å². The highest BCUT2D eigenvalue weighted by Crippen LogP contribution is 1.87. The SMILES string of the molecule is O=C(O)CCOCCOCCOCCOCCOCCOCCOCCOCCOCCOCCCl. The molecule has 0 amide bonds. The number of alkyl halides is 1. The Morgan fingerprint density at radius 3 is 0.778 bits per heavy atom. The summed E-state index contributed by atoms with van der Waals surface area (Å²) < 4.78 is 53.4. The monoisotopic (exact) mass is 548 g/mol. The van der Waals surface area contributed by atoms with Crippen LogP contribution in [-0.4, -0.2) is 149 Å². The number of hydrogen-bond acceptors (Lipinski definition) is 11. The molecule has 0 spiro atoms. The van der Waals surface area contributed by atoms with Crippen molar-refractivity contribution in [3.8, 4) is 0 Å². The van der Waals surface area contributed by atoms with Crippen LogP contribution in [-0.2, 0) is 52.2 Å². The lowest BCUT2D eigenvalue weighted by molar-refractivity contribution is -0.138. The fourth-order valence-electron chi connectivity index (χ4n) is 2.30. The maximum absolute atomic E-state index is 10.3. The zero-order valence-corrected chi connectivity index (χ0v) is 22.1. The third kappa shape index (κ3) is 33.4. The largest absolute Gasteiger partial charge is 0.481 e. The van der Waals surface area contributed by atoms with Crippen molar-refractivity contribution in [1.82, 2.24) is 0 Å². The number of carbonyl (C=O) groups is 1. The van der Waals surface area contributed by atoms with Crippen LogP contribution < -0.4 is 0 Å². The molecule has 0 atom stereocenters. The zero-order chi connectivity index (χ0) is 26.2. The second kappa shape index (κ2) is 32.4. The number of aliphatic carboxylic acids is 1. The molecule has 0 aliphatic heterocycles. The summed E-state index contributed by atoms with van der Waals surface area (Å²) in [6.45, 7) is 9.53. The van der Waals surface area contributed by atoms with Crippen molar-refractivity contribution in [3.63, 3.8) is 0 Å². The third-order valence-electron chi connectivity index (χ3n) is 4.03. The zero-order valence-electron chi connectivity index (χ0n) is 21.4. The van der Waals surface area contributed by atoms with Crippen LogP contribution in [0.4, 0.5) is 0 Å². The quantitative estimate of drug-likeness (QED) is 0.0945. The topological polar surface area (TPSA) is 130 Å². The van der Waals surface area contributed by atoms with Crippen molar-refractivity contribution in [1.29, 1.82) is 0 Å². The Balaban J connectivity index is 3.02. The predicted molar refractivity (Wildman–Crippen MR) is 131 cm³/mol. The van der Waals surface area contributed by atoms with Gasteiger partial charge in [-0.15, -0.1) is 11.6 Å². The lowest BCUT2D eigenvalue weighted by atomic mass is 10.5. The summed E-state index contributed by atoms with van der Waals surface area (Å²) in [5.41, 5.74) is 0. The molecule has 0 aromatic heterocycles. The van der Waals surface area contributed by atoms with Gasteiger partial charge in [0.25, 0.3) is 0 Å². The Hall–Kier alpha value is -0.640. The lowest BCUT2D eigenvalue weighted by Crippen LogP contribution is -2.15. The molecule has 0 unspecified atom stereocenters. The number of carboxylic acids is 1. The van der Waals surface area contributed by atoms with E-state index in [0.29, 0.717) is 131 Å². The highest BCUT2D eigenvalue weighted by Gasteiger charge is 1.97. The van der Waals surface area contributed by atoms with E-state index in [4.69, 9.17) is 64.1 Å². The minimum atomic E-state index is -0.873. The van der Waals surface area contributed by atoms with E-state index >= 15 is 0 Å². The van der Waals surface area contributed by atoms with Crippen LogP contribution in [0.25, 0.3) is 0 Å². The molecule has 0 radical (unpaired) electrons. The highest BCUT2D eigenvalue weighted by atomic mass is 35.5. The van der Waals surface area contributed by atoms with Gasteiger partial charge in [0, 0.05) is 5.88 Å². The summed E-state index contributed by atoms with van der Waals surface area (Å²) in [5, 5.41) is 8.46. The van der Waals surface area contributed by atoms with E-state index in [2.05, 4.69) is 0 Å². The first-order valence-corrected chi connectivity index (χ1v) is 12.9. The average molecular weight is 549 g/mol. The number of halogens is 1. The molecule has 0 aromatic rings. The van der Waals surface area contributed by atoms with Gasteiger partial charge in [-0.25, -0.2) is 0 Å². The van der Waals surface area contributed by atoms with Crippen LogP contribution in [0.5, 0.6) is 0 Å². The molecular formula is C23H45ClO12. The molecule has 0 fully saturated rings. The molecule has 1 N–H and O–H groups in total. The van der Waals surface area contributed by atoms with Crippen molar-refractivity contribution in [2.45, 2.75) is 6.42 Å². The predicted octanol–water partition coefficient (Wildman–Crippen LogP) is 0.866. The fourth-order valence-corrected chi connectivity index (χ4v) is 2.40. The third-order valence-corrected chi connectivity index (χ3v) is 4.18. The van der Waals surface area contributed by atoms with E-state index in [1.807, 2.05) is 0 Å². The fraction of sp³-hybridized carbons (Fsp3) is 0.957. The van der Waals surface area contributed by atoms with Crippen LogP contribution in [0, 0.1) is 0 Å². The van der Waals surface area contributed by atoms with E-state index < -0.39 is 5.97 Å². The number of hydrogen-bond donors (Lipinski definition) is 1. The van der Waals surface area contributed by atoms with Gasteiger partial charge in [0.15, 0.2) is 0 Å². The highest BCUT2D eigenvalue weighted by molar-refractivity contribution is 6.17. The molecule has 0 aromatic carbocycles. The van der Waals surface area contributed by atoms with Crippen molar-refractivity contribution < 1.29 is 57.3 Å². The summed E-state index contributed by atoms with van der Waals surface area (Å²) in [5.74, 6) is -0.379. The molecule has 12 nitrogen and oxygen atoms in total. The maximum Gasteiger partial charge on any atom is 0.305 e. The molecule has 0 bridgehead atoms.